The Balaban J connectivity index is 1.69. The standard InChI is InChI=1S/C20H25FN2O3S/c1-3-14-26-20-9-8-19(15-16(20)2)27(24,25)23-12-10-22(11-13-23)18-6-4-17(21)5-7-18/h4-9,15H,3,10-14H2,1-2H3. The molecule has 1 aliphatic heterocycles. The Labute approximate surface area is 160 Å². The van der Waals surface area contributed by atoms with E-state index < -0.39 is 10.0 Å². The molecule has 2 aromatic carbocycles. The van der Waals surface area contributed by atoms with Gasteiger partial charge in [-0.05, 0) is 61.4 Å². The van der Waals surface area contributed by atoms with Gasteiger partial charge in [-0.15, -0.1) is 0 Å². The summed E-state index contributed by atoms with van der Waals surface area (Å²) in [5.41, 5.74) is 1.72. The lowest BCUT2D eigenvalue weighted by Crippen LogP contribution is -2.48. The van der Waals surface area contributed by atoms with Gasteiger partial charge in [0.25, 0.3) is 0 Å². The molecular formula is C20H25FN2O3S. The lowest BCUT2D eigenvalue weighted by molar-refractivity contribution is 0.315. The van der Waals surface area contributed by atoms with Crippen molar-refractivity contribution in [1.82, 2.24) is 4.31 Å². The van der Waals surface area contributed by atoms with Gasteiger partial charge >= 0.3 is 0 Å². The van der Waals surface area contributed by atoms with Crippen LogP contribution in [0.3, 0.4) is 0 Å². The summed E-state index contributed by atoms with van der Waals surface area (Å²) in [6, 6.07) is 11.3. The number of anilines is 1. The second-order valence-corrected chi connectivity index (χ2v) is 8.58. The number of hydrogen-bond acceptors (Lipinski definition) is 4. The van der Waals surface area contributed by atoms with Crippen LogP contribution in [0.5, 0.6) is 5.75 Å². The van der Waals surface area contributed by atoms with E-state index >= 15 is 0 Å². The average molecular weight is 392 g/mol. The van der Waals surface area contributed by atoms with Crippen molar-refractivity contribution in [3.05, 3.63) is 53.8 Å². The minimum Gasteiger partial charge on any atom is -0.493 e. The number of sulfonamides is 1. The van der Waals surface area contributed by atoms with Gasteiger partial charge in [-0.3, -0.25) is 0 Å². The maximum Gasteiger partial charge on any atom is 0.243 e. The Morgan fingerprint density at radius 3 is 2.30 bits per heavy atom. The summed E-state index contributed by atoms with van der Waals surface area (Å²) in [4.78, 5) is 2.36. The largest absolute Gasteiger partial charge is 0.493 e. The summed E-state index contributed by atoms with van der Waals surface area (Å²) in [6.07, 6.45) is 0.901. The third kappa shape index (κ3) is 4.42. The fraction of sp³-hybridized carbons (Fsp3) is 0.400. The van der Waals surface area contributed by atoms with Crippen molar-refractivity contribution >= 4 is 15.7 Å². The third-order valence-electron chi connectivity index (χ3n) is 4.68. The van der Waals surface area contributed by atoms with Crippen LogP contribution >= 0.6 is 0 Å². The van der Waals surface area contributed by atoms with Gasteiger partial charge in [0.1, 0.15) is 11.6 Å². The molecular weight excluding hydrogens is 367 g/mol. The number of benzene rings is 2. The summed E-state index contributed by atoms with van der Waals surface area (Å²) in [7, 11) is -3.54. The fourth-order valence-corrected chi connectivity index (χ4v) is 4.65. The van der Waals surface area contributed by atoms with Crippen LogP contribution in [0.1, 0.15) is 18.9 Å². The molecule has 0 unspecified atom stereocenters. The van der Waals surface area contributed by atoms with Crippen LogP contribution in [-0.2, 0) is 10.0 Å². The van der Waals surface area contributed by atoms with Crippen LogP contribution in [0.4, 0.5) is 10.1 Å². The monoisotopic (exact) mass is 392 g/mol. The van der Waals surface area contributed by atoms with Crippen LogP contribution in [0.2, 0.25) is 0 Å². The molecule has 0 atom stereocenters. The lowest BCUT2D eigenvalue weighted by Gasteiger charge is -2.35. The molecule has 7 heteroatoms. The summed E-state index contributed by atoms with van der Waals surface area (Å²) in [5, 5.41) is 0. The average Bonchev–Trinajstić information content (AvgIpc) is 2.67. The van der Waals surface area contributed by atoms with Crippen LogP contribution in [0.15, 0.2) is 47.4 Å². The van der Waals surface area contributed by atoms with Crippen molar-refractivity contribution in [1.29, 1.82) is 0 Å². The summed E-state index contributed by atoms with van der Waals surface area (Å²) in [5.74, 6) is 0.443. The third-order valence-corrected chi connectivity index (χ3v) is 6.57. The second kappa shape index (κ2) is 8.27. The smallest absolute Gasteiger partial charge is 0.243 e. The zero-order valence-corrected chi connectivity index (χ0v) is 16.5. The van der Waals surface area contributed by atoms with Gasteiger partial charge in [0, 0.05) is 31.9 Å². The number of nitrogens with zero attached hydrogens (tertiary/aromatic N) is 2. The number of piperazine rings is 1. The van der Waals surface area contributed by atoms with E-state index in [-0.39, 0.29) is 5.82 Å². The summed E-state index contributed by atoms with van der Waals surface area (Å²) < 4.78 is 46.2. The van der Waals surface area contributed by atoms with Gasteiger partial charge in [0.15, 0.2) is 0 Å². The highest BCUT2D eigenvalue weighted by Gasteiger charge is 2.29. The maximum atomic E-state index is 13.1. The van der Waals surface area contributed by atoms with Crippen LogP contribution in [0, 0.1) is 12.7 Å². The molecule has 0 radical (unpaired) electrons. The molecule has 0 aromatic heterocycles. The molecule has 1 fully saturated rings. The lowest BCUT2D eigenvalue weighted by atomic mass is 10.2. The molecule has 0 aliphatic carbocycles. The van der Waals surface area contributed by atoms with Gasteiger partial charge in [-0.2, -0.15) is 4.31 Å². The van der Waals surface area contributed by atoms with Crippen molar-refractivity contribution < 1.29 is 17.5 Å². The van der Waals surface area contributed by atoms with Crippen molar-refractivity contribution in [2.45, 2.75) is 25.2 Å². The van der Waals surface area contributed by atoms with E-state index in [1.165, 1.54) is 16.4 Å². The highest BCUT2D eigenvalue weighted by Crippen LogP contribution is 2.26. The van der Waals surface area contributed by atoms with Gasteiger partial charge in [0.05, 0.1) is 11.5 Å². The first-order valence-corrected chi connectivity index (χ1v) is 10.6. The summed E-state index contributed by atoms with van der Waals surface area (Å²) >= 11 is 0. The molecule has 1 aliphatic rings. The van der Waals surface area contributed by atoms with Gasteiger partial charge < -0.3 is 9.64 Å². The Morgan fingerprint density at radius 2 is 1.70 bits per heavy atom. The Bertz CT molecular complexity index is 877. The van der Waals surface area contributed by atoms with E-state index in [1.807, 2.05) is 13.8 Å². The molecule has 0 bridgehead atoms. The van der Waals surface area contributed by atoms with Crippen molar-refractivity contribution in [2.75, 3.05) is 37.7 Å². The molecule has 0 spiro atoms. The normalized spacial score (nSPS) is 15.7. The van der Waals surface area contributed by atoms with E-state index in [0.29, 0.717) is 37.7 Å². The SMILES string of the molecule is CCCOc1ccc(S(=O)(=O)N2CCN(c3ccc(F)cc3)CC2)cc1C. The number of ether oxygens (including phenoxy) is 1. The molecule has 3 rings (SSSR count). The first kappa shape index (κ1) is 19.6. The van der Waals surface area contributed by atoms with E-state index in [4.69, 9.17) is 4.74 Å². The van der Waals surface area contributed by atoms with Crippen molar-refractivity contribution in [3.63, 3.8) is 0 Å². The fourth-order valence-electron chi connectivity index (χ4n) is 3.14. The molecule has 5 nitrogen and oxygen atoms in total. The first-order valence-electron chi connectivity index (χ1n) is 9.16. The number of halogens is 1. The molecule has 1 saturated heterocycles. The molecule has 0 saturated carbocycles. The predicted octanol–water partition coefficient (Wildman–Crippen LogP) is 3.43. The Morgan fingerprint density at radius 1 is 1.04 bits per heavy atom. The van der Waals surface area contributed by atoms with E-state index in [1.54, 1.807) is 30.3 Å². The summed E-state index contributed by atoms with van der Waals surface area (Å²) in [6.45, 7) is 6.43. The van der Waals surface area contributed by atoms with Gasteiger partial charge in [0.2, 0.25) is 10.0 Å². The zero-order chi connectivity index (χ0) is 19.4. The predicted molar refractivity (Wildman–Crippen MR) is 104 cm³/mol. The van der Waals surface area contributed by atoms with E-state index in [9.17, 15) is 12.8 Å². The highest BCUT2D eigenvalue weighted by molar-refractivity contribution is 7.89. The zero-order valence-electron chi connectivity index (χ0n) is 15.7. The number of aryl methyl sites for hydroxylation is 1. The van der Waals surface area contributed by atoms with Crippen molar-refractivity contribution in [3.8, 4) is 5.75 Å². The molecule has 27 heavy (non-hydrogen) atoms. The molecule has 146 valence electrons. The highest BCUT2D eigenvalue weighted by atomic mass is 32.2. The van der Waals surface area contributed by atoms with Crippen LogP contribution in [-0.4, -0.2) is 45.5 Å². The number of rotatable bonds is 6. The maximum absolute atomic E-state index is 13.1. The molecule has 2 aromatic rings. The minimum absolute atomic E-state index is 0.276. The minimum atomic E-state index is -3.54. The Hall–Kier alpha value is -2.12. The molecule has 0 N–H and O–H groups in total. The second-order valence-electron chi connectivity index (χ2n) is 6.64. The number of hydrogen-bond donors (Lipinski definition) is 0. The first-order chi connectivity index (χ1) is 12.9. The van der Waals surface area contributed by atoms with E-state index in [2.05, 4.69) is 4.90 Å². The van der Waals surface area contributed by atoms with Crippen molar-refractivity contribution in [2.24, 2.45) is 0 Å². The molecule has 1 heterocycles. The topological polar surface area (TPSA) is 49.9 Å². The van der Waals surface area contributed by atoms with Crippen LogP contribution < -0.4 is 9.64 Å². The van der Waals surface area contributed by atoms with Crippen LogP contribution in [0.25, 0.3) is 0 Å². The molecule has 0 amide bonds. The Kier molecular flexibility index (Phi) is 6.01. The van der Waals surface area contributed by atoms with E-state index in [0.717, 1.165) is 23.4 Å². The quantitative estimate of drug-likeness (QED) is 0.756. The van der Waals surface area contributed by atoms with Gasteiger partial charge in [-0.25, -0.2) is 12.8 Å². The van der Waals surface area contributed by atoms with Gasteiger partial charge in [-0.1, -0.05) is 6.92 Å².